The molecular weight excluding hydrogens is 436 g/mol. The molecule has 0 aliphatic heterocycles. The minimum Gasteiger partial charge on any atom is -0.395 e. The molecule has 33 heavy (non-hydrogen) atoms. The van der Waals surface area contributed by atoms with Gasteiger partial charge in [0.2, 0.25) is 5.91 Å². The maximum Gasteiger partial charge on any atom is 0.224 e. The van der Waals surface area contributed by atoms with Crippen LogP contribution in [0, 0.1) is 30.1 Å². The van der Waals surface area contributed by atoms with Gasteiger partial charge in [-0.25, -0.2) is 4.98 Å². The Hall–Kier alpha value is -1.89. The highest BCUT2D eigenvalue weighted by Crippen LogP contribution is 2.61. The van der Waals surface area contributed by atoms with Gasteiger partial charge in [0.15, 0.2) is 0 Å². The first-order chi connectivity index (χ1) is 15.5. The van der Waals surface area contributed by atoms with Crippen molar-refractivity contribution in [2.24, 2.45) is 23.2 Å². The van der Waals surface area contributed by atoms with Crippen molar-refractivity contribution < 1.29 is 9.90 Å². The van der Waals surface area contributed by atoms with Gasteiger partial charge in [0.05, 0.1) is 17.8 Å². The van der Waals surface area contributed by atoms with Gasteiger partial charge in [-0.3, -0.25) is 4.79 Å². The van der Waals surface area contributed by atoms with Crippen LogP contribution in [0.5, 0.6) is 0 Å². The zero-order valence-electron chi connectivity index (χ0n) is 19.5. The molecule has 0 atom stereocenters. The summed E-state index contributed by atoms with van der Waals surface area (Å²) in [5, 5.41) is 19.6. The number of carbonyl (C=O) groups is 1. The second kappa shape index (κ2) is 10.2. The van der Waals surface area contributed by atoms with Crippen LogP contribution in [-0.2, 0) is 4.79 Å². The first-order valence-corrected chi connectivity index (χ1v) is 12.3. The van der Waals surface area contributed by atoms with Crippen LogP contribution in [0.3, 0.4) is 0 Å². The molecule has 6 nitrogen and oxygen atoms in total. The van der Waals surface area contributed by atoms with E-state index >= 15 is 0 Å². The van der Waals surface area contributed by atoms with Crippen LogP contribution in [0.2, 0.25) is 0 Å². The number of pyridine rings is 1. The topological polar surface area (TPSA) is 86.3 Å². The molecule has 1 heterocycles. The average Bonchev–Trinajstić information content (AvgIpc) is 2.74. The lowest BCUT2D eigenvalue weighted by atomic mass is 9.49. The highest BCUT2D eigenvalue weighted by atomic mass is 35.5. The fourth-order valence-corrected chi connectivity index (χ4v) is 7.09. The number of hydrogen-bond donors (Lipinski definition) is 4. The number of aryl methyl sites for hydroxylation is 1. The summed E-state index contributed by atoms with van der Waals surface area (Å²) in [6.45, 7) is 4.29. The normalized spacial score (nSPS) is 27.4. The van der Waals surface area contributed by atoms with Crippen LogP contribution < -0.4 is 16.0 Å². The fraction of sp³-hybridized carbons (Fsp3) is 0.615. The van der Waals surface area contributed by atoms with E-state index in [2.05, 4.69) is 28.9 Å². The maximum absolute atomic E-state index is 13.2. The summed E-state index contributed by atoms with van der Waals surface area (Å²) < 4.78 is 0. The van der Waals surface area contributed by atoms with E-state index in [1.54, 1.807) is 0 Å². The van der Waals surface area contributed by atoms with Crippen LogP contribution in [0.1, 0.15) is 50.5 Å². The molecule has 4 fully saturated rings. The van der Waals surface area contributed by atoms with Crippen molar-refractivity contribution in [3.8, 4) is 0 Å². The third-order valence-corrected chi connectivity index (χ3v) is 7.94. The van der Waals surface area contributed by atoms with Gasteiger partial charge in [0.25, 0.3) is 0 Å². The quantitative estimate of drug-likeness (QED) is 0.403. The SMILES string of the molecule is Cc1ccc2nc(NCCNCCO)ccc2c1NC(=O)CC12CC3CC(CC(C3)C1)C2.Cl. The van der Waals surface area contributed by atoms with Crippen LogP contribution in [0.15, 0.2) is 24.3 Å². The van der Waals surface area contributed by atoms with Crippen molar-refractivity contribution in [1.82, 2.24) is 10.3 Å². The predicted molar refractivity (Wildman–Crippen MR) is 136 cm³/mol. The Kier molecular flexibility index (Phi) is 7.46. The van der Waals surface area contributed by atoms with Crippen LogP contribution in [0.4, 0.5) is 11.5 Å². The number of aromatic nitrogens is 1. The van der Waals surface area contributed by atoms with Gasteiger partial charge in [0.1, 0.15) is 5.82 Å². The lowest BCUT2D eigenvalue weighted by Crippen LogP contribution is -2.47. The summed E-state index contributed by atoms with van der Waals surface area (Å²) in [5.74, 6) is 3.57. The third-order valence-electron chi connectivity index (χ3n) is 7.94. The van der Waals surface area contributed by atoms with Crippen LogP contribution in [-0.4, -0.2) is 42.2 Å². The molecule has 1 amide bonds. The molecule has 4 aliphatic carbocycles. The van der Waals surface area contributed by atoms with Crippen molar-refractivity contribution in [2.45, 2.75) is 51.9 Å². The number of nitrogens with one attached hydrogen (secondary N) is 3. The largest absolute Gasteiger partial charge is 0.395 e. The van der Waals surface area contributed by atoms with Gasteiger partial charge in [-0.05, 0) is 92.4 Å². The van der Waals surface area contributed by atoms with E-state index < -0.39 is 0 Å². The van der Waals surface area contributed by atoms with Gasteiger partial charge in [-0.15, -0.1) is 12.4 Å². The first-order valence-electron chi connectivity index (χ1n) is 12.3. The molecule has 1 aromatic carbocycles. The molecule has 2 aromatic rings. The van der Waals surface area contributed by atoms with E-state index in [-0.39, 0.29) is 30.3 Å². The van der Waals surface area contributed by atoms with Gasteiger partial charge < -0.3 is 21.1 Å². The van der Waals surface area contributed by atoms with E-state index in [1.165, 1.54) is 38.5 Å². The third kappa shape index (κ3) is 5.28. The minimum absolute atomic E-state index is 0. The van der Waals surface area contributed by atoms with Crippen molar-refractivity contribution in [3.63, 3.8) is 0 Å². The molecular formula is C26H37ClN4O2. The number of benzene rings is 1. The number of rotatable bonds is 9. The van der Waals surface area contributed by atoms with E-state index in [4.69, 9.17) is 10.1 Å². The zero-order valence-corrected chi connectivity index (χ0v) is 20.3. The summed E-state index contributed by atoms with van der Waals surface area (Å²) in [7, 11) is 0. The van der Waals surface area contributed by atoms with Crippen molar-refractivity contribution >= 4 is 40.7 Å². The predicted octanol–water partition coefficient (Wildman–Crippen LogP) is 4.50. The fourth-order valence-electron chi connectivity index (χ4n) is 7.09. The lowest BCUT2D eigenvalue weighted by Gasteiger charge is -2.56. The van der Waals surface area contributed by atoms with E-state index in [0.717, 1.165) is 58.8 Å². The molecule has 6 rings (SSSR count). The Morgan fingerprint density at radius 1 is 1.03 bits per heavy atom. The molecule has 4 bridgehead atoms. The van der Waals surface area contributed by atoms with Crippen LogP contribution >= 0.6 is 12.4 Å². The van der Waals surface area contributed by atoms with Crippen molar-refractivity contribution in [1.29, 1.82) is 0 Å². The smallest absolute Gasteiger partial charge is 0.224 e. The number of aliphatic hydroxyl groups is 1. The average molecular weight is 473 g/mol. The molecule has 0 spiro atoms. The van der Waals surface area contributed by atoms with Crippen LogP contribution in [0.25, 0.3) is 10.9 Å². The van der Waals surface area contributed by atoms with Gasteiger partial charge in [0, 0.05) is 31.4 Å². The zero-order chi connectivity index (χ0) is 22.1. The highest BCUT2D eigenvalue weighted by Gasteiger charge is 2.51. The number of carbonyl (C=O) groups excluding carboxylic acids is 1. The standard InChI is InChI=1S/C26H36N4O2.ClH/c1-17-2-4-22-21(3-5-23(29-22)28-7-6-27-8-9-31)25(17)30-24(32)16-26-13-18-10-19(14-26)12-20(11-18)15-26;/h2-5,18-20,27,31H,6-16H2,1H3,(H,28,29)(H,30,32);1H. The second-order valence-electron chi connectivity index (χ2n) is 10.6. The van der Waals surface area contributed by atoms with Crippen molar-refractivity contribution in [3.05, 3.63) is 29.8 Å². The molecule has 180 valence electrons. The number of hydrogen-bond acceptors (Lipinski definition) is 5. The molecule has 4 N–H and O–H groups in total. The molecule has 0 unspecified atom stereocenters. The van der Waals surface area contributed by atoms with Crippen molar-refractivity contribution in [2.75, 3.05) is 36.9 Å². The monoisotopic (exact) mass is 472 g/mol. The number of fused-ring (bicyclic) bond motifs is 1. The van der Waals surface area contributed by atoms with E-state index in [1.807, 2.05) is 18.2 Å². The molecule has 0 radical (unpaired) electrons. The molecule has 0 saturated heterocycles. The summed E-state index contributed by atoms with van der Waals surface area (Å²) in [4.78, 5) is 18.0. The van der Waals surface area contributed by atoms with E-state index in [9.17, 15) is 4.79 Å². The number of anilines is 2. The maximum atomic E-state index is 13.2. The summed E-state index contributed by atoms with van der Waals surface area (Å²) in [6.07, 6.45) is 8.65. The molecule has 4 saturated carbocycles. The van der Waals surface area contributed by atoms with Gasteiger partial charge >= 0.3 is 0 Å². The Labute approximate surface area is 202 Å². The van der Waals surface area contributed by atoms with Gasteiger partial charge in [-0.1, -0.05) is 6.07 Å². The number of amides is 1. The summed E-state index contributed by atoms with van der Waals surface area (Å²) in [5.41, 5.74) is 3.11. The minimum atomic E-state index is 0. The number of aliphatic hydroxyl groups excluding tert-OH is 1. The molecule has 4 aliphatic rings. The number of halogens is 1. The molecule has 7 heteroatoms. The summed E-state index contributed by atoms with van der Waals surface area (Å²) >= 11 is 0. The highest BCUT2D eigenvalue weighted by molar-refractivity contribution is 6.02. The Morgan fingerprint density at radius 2 is 1.73 bits per heavy atom. The first kappa shape index (κ1) is 24.2. The Bertz CT molecular complexity index is 960. The number of nitrogens with zero attached hydrogens (tertiary/aromatic N) is 1. The lowest BCUT2D eigenvalue weighted by molar-refractivity contribution is -0.124. The molecule has 1 aromatic heterocycles. The van der Waals surface area contributed by atoms with Gasteiger partial charge in [-0.2, -0.15) is 0 Å². The van der Waals surface area contributed by atoms with E-state index in [0.29, 0.717) is 13.0 Å². The Balaban J connectivity index is 0.00000259. The second-order valence-corrected chi connectivity index (χ2v) is 10.6. The Morgan fingerprint density at radius 3 is 2.39 bits per heavy atom. The summed E-state index contributed by atoms with van der Waals surface area (Å²) in [6, 6.07) is 8.10.